The zero-order valence-corrected chi connectivity index (χ0v) is 20.7. The van der Waals surface area contributed by atoms with Crippen LogP contribution in [0.2, 0.25) is 0 Å². The van der Waals surface area contributed by atoms with E-state index in [-0.39, 0.29) is 29.4 Å². The smallest absolute Gasteiger partial charge is 0.248 e. The predicted molar refractivity (Wildman–Crippen MR) is 130 cm³/mol. The first-order chi connectivity index (χ1) is 15.4. The molecule has 0 atom stereocenters. The third-order valence-electron chi connectivity index (χ3n) is 4.85. The molecular weight excluding hydrogens is 468 g/mol. The molecule has 1 amide bonds. The van der Waals surface area contributed by atoms with Crippen LogP contribution in [0.4, 0.5) is 0 Å². The van der Waals surface area contributed by atoms with Gasteiger partial charge in [0.05, 0.1) is 35.1 Å². The molecule has 1 aromatic heterocycles. The lowest BCUT2D eigenvalue weighted by atomic mass is 10.3. The lowest BCUT2D eigenvalue weighted by molar-refractivity contribution is -0.118. The van der Waals surface area contributed by atoms with Crippen molar-refractivity contribution in [1.29, 1.82) is 0 Å². The number of ether oxygens (including phenoxy) is 2. The molecule has 0 radical (unpaired) electrons. The van der Waals surface area contributed by atoms with Gasteiger partial charge in [0, 0.05) is 24.8 Å². The molecule has 0 fully saturated rings. The van der Waals surface area contributed by atoms with Crippen LogP contribution >= 0.6 is 23.1 Å². The monoisotopic (exact) mass is 494 g/mol. The Morgan fingerprint density at radius 3 is 2.44 bits per heavy atom. The number of thiazole rings is 1. The van der Waals surface area contributed by atoms with Crippen molar-refractivity contribution in [3.8, 4) is 11.5 Å². The molecule has 0 N–H and O–H groups in total. The molecule has 0 bridgehead atoms. The number of methoxy groups -OCH3 is 2. The van der Waals surface area contributed by atoms with Crippen LogP contribution in [0.3, 0.4) is 0 Å². The van der Waals surface area contributed by atoms with Crippen molar-refractivity contribution in [2.24, 2.45) is 4.99 Å². The molecule has 3 aromatic rings. The molecule has 0 unspecified atom stereocenters. The zero-order chi connectivity index (χ0) is 23.1. The fraction of sp³-hybridized carbons (Fsp3) is 0.364. The number of aryl methyl sites for hydroxylation is 1. The van der Waals surface area contributed by atoms with Gasteiger partial charge in [-0.1, -0.05) is 11.3 Å². The third kappa shape index (κ3) is 5.93. The molecule has 172 valence electrons. The third-order valence-corrected chi connectivity index (χ3v) is 8.32. The summed E-state index contributed by atoms with van der Waals surface area (Å²) in [5.74, 6) is 1.77. The number of hydrogen-bond donors (Lipinski definition) is 0. The van der Waals surface area contributed by atoms with Crippen LogP contribution in [0.1, 0.15) is 12.8 Å². The van der Waals surface area contributed by atoms with Gasteiger partial charge < -0.3 is 14.0 Å². The van der Waals surface area contributed by atoms with Crippen molar-refractivity contribution in [2.45, 2.75) is 24.3 Å². The van der Waals surface area contributed by atoms with Crippen LogP contribution in [-0.4, -0.2) is 50.9 Å². The quantitative estimate of drug-likeness (QED) is 0.427. The van der Waals surface area contributed by atoms with Gasteiger partial charge in [0.1, 0.15) is 11.5 Å². The second kappa shape index (κ2) is 11.0. The standard InChI is InChI=1S/C22H26N2O5S3/c1-28-16-6-9-18(10-7-16)32(26,27)14-4-5-21(25)23-22-24(12-13-30-3)19-15-17(29-2)8-11-20(19)31-22/h6-11,15H,4-5,12-14H2,1-3H3. The van der Waals surface area contributed by atoms with Crippen molar-refractivity contribution >= 4 is 49.1 Å². The molecule has 0 saturated heterocycles. The number of carbonyl (C=O) groups is 1. The van der Waals surface area contributed by atoms with Gasteiger partial charge in [-0.2, -0.15) is 16.8 Å². The van der Waals surface area contributed by atoms with Gasteiger partial charge in [-0.15, -0.1) is 0 Å². The molecular formula is C22H26N2O5S3. The summed E-state index contributed by atoms with van der Waals surface area (Å²) >= 11 is 3.16. The summed E-state index contributed by atoms with van der Waals surface area (Å²) in [6.07, 6.45) is 2.30. The molecule has 0 aliphatic carbocycles. The zero-order valence-electron chi connectivity index (χ0n) is 18.2. The Bertz CT molecular complexity index is 1240. The Balaban J connectivity index is 1.74. The minimum absolute atomic E-state index is 0.0650. The fourth-order valence-corrected chi connectivity index (χ4v) is 5.87. The number of fused-ring (bicyclic) bond motifs is 1. The molecule has 7 nitrogen and oxygen atoms in total. The average molecular weight is 495 g/mol. The number of rotatable bonds is 10. The molecule has 32 heavy (non-hydrogen) atoms. The Morgan fingerprint density at radius 1 is 1.09 bits per heavy atom. The van der Waals surface area contributed by atoms with Gasteiger partial charge in [-0.25, -0.2) is 8.42 Å². The summed E-state index contributed by atoms with van der Waals surface area (Å²) in [7, 11) is -0.327. The van der Waals surface area contributed by atoms with E-state index in [4.69, 9.17) is 9.47 Å². The Hall–Kier alpha value is -2.30. The normalized spacial score (nSPS) is 12.3. The number of hydrogen-bond acceptors (Lipinski definition) is 7. The molecule has 0 aliphatic rings. The van der Waals surface area contributed by atoms with E-state index in [1.54, 1.807) is 31.0 Å². The minimum Gasteiger partial charge on any atom is -0.497 e. The van der Waals surface area contributed by atoms with Crippen molar-refractivity contribution in [2.75, 3.05) is 32.0 Å². The van der Waals surface area contributed by atoms with Gasteiger partial charge in [0.2, 0.25) is 5.91 Å². The molecule has 10 heteroatoms. The van der Waals surface area contributed by atoms with Gasteiger partial charge in [0.25, 0.3) is 0 Å². The van der Waals surface area contributed by atoms with E-state index in [1.165, 1.54) is 30.6 Å². The first kappa shape index (κ1) is 24.3. The minimum atomic E-state index is -3.47. The van der Waals surface area contributed by atoms with E-state index in [0.717, 1.165) is 21.7 Å². The second-order valence-corrected chi connectivity index (χ2v) is 11.1. The molecule has 1 heterocycles. The SMILES string of the molecule is COc1ccc(S(=O)(=O)CCCC(=O)N=c2sc3ccc(OC)cc3n2CCSC)cc1. The molecule has 3 rings (SSSR count). The van der Waals surface area contributed by atoms with E-state index in [2.05, 4.69) is 4.99 Å². The predicted octanol–water partition coefficient (Wildman–Crippen LogP) is 3.76. The number of aromatic nitrogens is 1. The summed E-state index contributed by atoms with van der Waals surface area (Å²) in [6.45, 7) is 0.715. The average Bonchev–Trinajstić information content (AvgIpc) is 3.13. The lowest BCUT2D eigenvalue weighted by Gasteiger charge is -2.06. The summed E-state index contributed by atoms with van der Waals surface area (Å²) in [5.41, 5.74) is 0.969. The van der Waals surface area contributed by atoms with Crippen LogP contribution < -0.4 is 14.3 Å². The summed E-state index contributed by atoms with van der Waals surface area (Å²) < 4.78 is 38.5. The topological polar surface area (TPSA) is 87.0 Å². The maximum Gasteiger partial charge on any atom is 0.248 e. The van der Waals surface area contributed by atoms with Crippen molar-refractivity contribution in [1.82, 2.24) is 4.57 Å². The van der Waals surface area contributed by atoms with Crippen LogP contribution in [0.15, 0.2) is 52.4 Å². The summed E-state index contributed by atoms with van der Waals surface area (Å²) in [6, 6.07) is 12.0. The Labute approximate surface area is 196 Å². The van der Waals surface area contributed by atoms with Crippen LogP contribution in [0.25, 0.3) is 10.2 Å². The van der Waals surface area contributed by atoms with Crippen LogP contribution in [0.5, 0.6) is 11.5 Å². The number of carbonyl (C=O) groups excluding carboxylic acids is 1. The number of thioether (sulfide) groups is 1. The summed E-state index contributed by atoms with van der Waals surface area (Å²) in [4.78, 5) is 17.7. The highest BCUT2D eigenvalue weighted by molar-refractivity contribution is 7.98. The van der Waals surface area contributed by atoms with Crippen LogP contribution in [0, 0.1) is 0 Å². The molecule has 0 saturated carbocycles. The summed E-state index contributed by atoms with van der Waals surface area (Å²) in [5, 5.41) is 0. The number of benzene rings is 2. The molecule has 0 spiro atoms. The van der Waals surface area contributed by atoms with E-state index in [0.29, 0.717) is 17.1 Å². The van der Waals surface area contributed by atoms with Crippen molar-refractivity contribution < 1.29 is 22.7 Å². The number of sulfone groups is 1. The second-order valence-electron chi connectivity index (χ2n) is 6.97. The highest BCUT2D eigenvalue weighted by Crippen LogP contribution is 2.23. The van der Waals surface area contributed by atoms with Crippen molar-refractivity contribution in [3.63, 3.8) is 0 Å². The van der Waals surface area contributed by atoms with Gasteiger partial charge in [-0.3, -0.25) is 4.79 Å². The highest BCUT2D eigenvalue weighted by atomic mass is 32.2. The number of amides is 1. The first-order valence-electron chi connectivity index (χ1n) is 9.98. The largest absolute Gasteiger partial charge is 0.497 e. The highest BCUT2D eigenvalue weighted by Gasteiger charge is 2.15. The van der Waals surface area contributed by atoms with Gasteiger partial charge >= 0.3 is 0 Å². The van der Waals surface area contributed by atoms with Crippen LogP contribution in [-0.2, 0) is 21.2 Å². The number of nitrogens with zero attached hydrogens (tertiary/aromatic N) is 2. The lowest BCUT2D eigenvalue weighted by Crippen LogP contribution is -2.18. The van der Waals surface area contributed by atoms with Gasteiger partial charge in [0.15, 0.2) is 14.6 Å². The van der Waals surface area contributed by atoms with Crippen molar-refractivity contribution in [3.05, 3.63) is 47.3 Å². The van der Waals surface area contributed by atoms with E-state index >= 15 is 0 Å². The van der Waals surface area contributed by atoms with E-state index in [9.17, 15) is 13.2 Å². The van der Waals surface area contributed by atoms with Gasteiger partial charge in [-0.05, 0) is 49.1 Å². The molecule has 2 aromatic carbocycles. The maximum atomic E-state index is 12.5. The Morgan fingerprint density at radius 2 is 1.78 bits per heavy atom. The van der Waals surface area contributed by atoms with E-state index < -0.39 is 9.84 Å². The fourth-order valence-electron chi connectivity index (χ4n) is 3.14. The first-order valence-corrected chi connectivity index (χ1v) is 13.8. The Kier molecular flexibility index (Phi) is 8.38. The van der Waals surface area contributed by atoms with E-state index in [1.807, 2.05) is 29.0 Å². The maximum absolute atomic E-state index is 12.5. The molecule has 0 aliphatic heterocycles.